The molecule has 3 rings (SSSR count). The highest BCUT2D eigenvalue weighted by Gasteiger charge is 2.33. The predicted octanol–water partition coefficient (Wildman–Crippen LogP) is 1.17. The Hall–Kier alpha value is -2.39. The molecular weight excluding hydrogens is 356 g/mol. The molecule has 2 aromatic rings. The largest absolute Gasteiger partial charge is 0.495 e. The summed E-state index contributed by atoms with van der Waals surface area (Å²) >= 11 is 0. The van der Waals surface area contributed by atoms with Crippen LogP contribution in [0.15, 0.2) is 41.6 Å². The summed E-state index contributed by atoms with van der Waals surface area (Å²) < 4.78 is 35.3. The normalized spacial score (nSPS) is 17.7. The van der Waals surface area contributed by atoms with Crippen molar-refractivity contribution < 1.29 is 17.9 Å². The Morgan fingerprint density at radius 1 is 1.38 bits per heavy atom. The molecule has 1 unspecified atom stereocenters. The standard InChI is InChI=1S/C17H22N4O4S/c1-3-8-20-12-13(10-17(20)22)19-26(23,24)16-11-14(5-6-15(16)25-2)21-9-4-7-18-21/h4-7,9,11,13,19H,3,8,10,12H2,1-2H3. The summed E-state index contributed by atoms with van der Waals surface area (Å²) in [4.78, 5) is 13.7. The van der Waals surface area contributed by atoms with Gasteiger partial charge in [0.15, 0.2) is 0 Å². The number of amides is 1. The third-order valence-electron chi connectivity index (χ3n) is 4.24. The SMILES string of the molecule is CCCN1CC(NS(=O)(=O)c2cc(-n3cccn3)ccc2OC)CC1=O. The van der Waals surface area contributed by atoms with Gasteiger partial charge in [0.25, 0.3) is 0 Å². The van der Waals surface area contributed by atoms with Gasteiger partial charge in [-0.3, -0.25) is 4.79 Å². The van der Waals surface area contributed by atoms with Gasteiger partial charge in [0.1, 0.15) is 10.6 Å². The van der Waals surface area contributed by atoms with Gasteiger partial charge in [0.2, 0.25) is 15.9 Å². The first-order valence-corrected chi connectivity index (χ1v) is 9.91. The van der Waals surface area contributed by atoms with E-state index in [1.165, 1.54) is 13.2 Å². The highest BCUT2D eigenvalue weighted by atomic mass is 32.2. The van der Waals surface area contributed by atoms with Crippen molar-refractivity contribution in [1.82, 2.24) is 19.4 Å². The fraction of sp³-hybridized carbons (Fsp3) is 0.412. The Balaban J connectivity index is 1.87. The smallest absolute Gasteiger partial charge is 0.244 e. The van der Waals surface area contributed by atoms with Crippen molar-refractivity contribution in [2.75, 3.05) is 20.2 Å². The number of ether oxygens (including phenoxy) is 1. The lowest BCUT2D eigenvalue weighted by Gasteiger charge is -2.17. The summed E-state index contributed by atoms with van der Waals surface area (Å²) in [5.74, 6) is 0.208. The number of sulfonamides is 1. The lowest BCUT2D eigenvalue weighted by atomic mass is 10.3. The minimum Gasteiger partial charge on any atom is -0.495 e. The summed E-state index contributed by atoms with van der Waals surface area (Å²) in [6, 6.07) is 6.14. The van der Waals surface area contributed by atoms with Crippen molar-refractivity contribution in [1.29, 1.82) is 0 Å². The van der Waals surface area contributed by atoms with Crippen molar-refractivity contribution in [2.24, 2.45) is 0 Å². The molecule has 0 aliphatic carbocycles. The summed E-state index contributed by atoms with van der Waals surface area (Å²) in [6.45, 7) is 3.00. The maximum atomic E-state index is 12.9. The van der Waals surface area contributed by atoms with Crippen LogP contribution < -0.4 is 9.46 Å². The third-order valence-corrected chi connectivity index (χ3v) is 5.78. The van der Waals surface area contributed by atoms with Gasteiger partial charge in [0, 0.05) is 37.9 Å². The Labute approximate surface area is 152 Å². The van der Waals surface area contributed by atoms with Crippen LogP contribution in [0.2, 0.25) is 0 Å². The van der Waals surface area contributed by atoms with Gasteiger partial charge in [-0.25, -0.2) is 17.8 Å². The molecule has 140 valence electrons. The molecule has 1 amide bonds. The molecule has 1 N–H and O–H groups in total. The molecule has 0 radical (unpaired) electrons. The summed E-state index contributed by atoms with van der Waals surface area (Å²) in [7, 11) is -2.44. The van der Waals surface area contributed by atoms with Gasteiger partial charge in [-0.2, -0.15) is 5.10 Å². The van der Waals surface area contributed by atoms with Crippen LogP contribution in [-0.4, -0.2) is 55.2 Å². The van der Waals surface area contributed by atoms with Crippen molar-refractivity contribution in [3.63, 3.8) is 0 Å². The van der Waals surface area contributed by atoms with Gasteiger partial charge < -0.3 is 9.64 Å². The van der Waals surface area contributed by atoms with E-state index < -0.39 is 16.1 Å². The van der Waals surface area contributed by atoms with Crippen LogP contribution in [0, 0.1) is 0 Å². The molecule has 1 atom stereocenters. The van der Waals surface area contributed by atoms with Crippen LogP contribution in [0.4, 0.5) is 0 Å². The third kappa shape index (κ3) is 3.73. The molecule has 1 aliphatic heterocycles. The fourth-order valence-electron chi connectivity index (χ4n) is 3.06. The fourth-order valence-corrected chi connectivity index (χ4v) is 4.48. The van der Waals surface area contributed by atoms with E-state index in [-0.39, 0.29) is 23.0 Å². The molecule has 1 saturated heterocycles. The van der Waals surface area contributed by atoms with E-state index in [1.54, 1.807) is 40.2 Å². The molecule has 8 nitrogen and oxygen atoms in total. The monoisotopic (exact) mass is 378 g/mol. The number of hydrogen-bond donors (Lipinski definition) is 1. The summed E-state index contributed by atoms with van der Waals surface area (Å²) in [6.07, 6.45) is 4.35. The van der Waals surface area contributed by atoms with Gasteiger partial charge in [-0.1, -0.05) is 6.92 Å². The molecule has 9 heteroatoms. The quantitative estimate of drug-likeness (QED) is 0.781. The van der Waals surface area contributed by atoms with Crippen LogP contribution in [0.25, 0.3) is 5.69 Å². The van der Waals surface area contributed by atoms with Crippen molar-refractivity contribution in [3.05, 3.63) is 36.7 Å². The molecule has 0 spiro atoms. The Morgan fingerprint density at radius 2 is 2.19 bits per heavy atom. The number of nitrogens with zero attached hydrogens (tertiary/aromatic N) is 3. The second kappa shape index (κ2) is 7.46. The second-order valence-corrected chi connectivity index (χ2v) is 7.83. The number of carbonyl (C=O) groups excluding carboxylic acids is 1. The summed E-state index contributed by atoms with van der Waals surface area (Å²) in [5.41, 5.74) is 0.603. The molecule has 1 aromatic carbocycles. The number of hydrogen-bond acceptors (Lipinski definition) is 5. The molecule has 1 aromatic heterocycles. The van der Waals surface area contributed by atoms with E-state index in [0.29, 0.717) is 18.8 Å². The van der Waals surface area contributed by atoms with Gasteiger partial charge in [0.05, 0.1) is 12.8 Å². The minimum atomic E-state index is -3.86. The van der Waals surface area contributed by atoms with Gasteiger partial charge >= 0.3 is 0 Å². The maximum Gasteiger partial charge on any atom is 0.244 e. The zero-order valence-electron chi connectivity index (χ0n) is 14.8. The van der Waals surface area contributed by atoms with Crippen molar-refractivity contribution in [2.45, 2.75) is 30.7 Å². The topological polar surface area (TPSA) is 93.5 Å². The molecule has 26 heavy (non-hydrogen) atoms. The van der Waals surface area contributed by atoms with Crippen LogP contribution in [0.1, 0.15) is 19.8 Å². The molecule has 1 fully saturated rings. The average Bonchev–Trinajstić information content (AvgIpc) is 3.25. The summed E-state index contributed by atoms with van der Waals surface area (Å²) in [5, 5.41) is 4.12. The van der Waals surface area contributed by atoms with Crippen LogP contribution >= 0.6 is 0 Å². The number of carbonyl (C=O) groups is 1. The highest BCUT2D eigenvalue weighted by Crippen LogP contribution is 2.27. The zero-order valence-corrected chi connectivity index (χ0v) is 15.6. The zero-order chi connectivity index (χ0) is 18.7. The van der Waals surface area contributed by atoms with Crippen molar-refractivity contribution >= 4 is 15.9 Å². The predicted molar refractivity (Wildman–Crippen MR) is 95.7 cm³/mol. The minimum absolute atomic E-state index is 0.0226. The van der Waals surface area contributed by atoms with E-state index >= 15 is 0 Å². The Bertz CT molecular complexity index is 880. The Morgan fingerprint density at radius 3 is 2.85 bits per heavy atom. The molecule has 2 heterocycles. The van der Waals surface area contributed by atoms with Crippen LogP contribution in [-0.2, 0) is 14.8 Å². The lowest BCUT2D eigenvalue weighted by Crippen LogP contribution is -2.37. The van der Waals surface area contributed by atoms with Crippen LogP contribution in [0.3, 0.4) is 0 Å². The number of aromatic nitrogens is 2. The van der Waals surface area contributed by atoms with E-state index in [0.717, 1.165) is 6.42 Å². The van der Waals surface area contributed by atoms with E-state index in [1.807, 2.05) is 6.92 Å². The average molecular weight is 378 g/mol. The van der Waals surface area contributed by atoms with Crippen molar-refractivity contribution in [3.8, 4) is 11.4 Å². The first-order valence-electron chi connectivity index (χ1n) is 8.42. The number of nitrogens with one attached hydrogen (secondary N) is 1. The lowest BCUT2D eigenvalue weighted by molar-refractivity contribution is -0.127. The second-order valence-electron chi connectivity index (χ2n) is 6.15. The van der Waals surface area contributed by atoms with E-state index in [2.05, 4.69) is 9.82 Å². The van der Waals surface area contributed by atoms with E-state index in [9.17, 15) is 13.2 Å². The van der Waals surface area contributed by atoms with Gasteiger partial charge in [-0.15, -0.1) is 0 Å². The van der Waals surface area contributed by atoms with E-state index in [4.69, 9.17) is 4.74 Å². The molecule has 1 aliphatic rings. The number of rotatable bonds is 7. The first kappa shape index (κ1) is 18.4. The number of benzene rings is 1. The molecule has 0 bridgehead atoms. The maximum absolute atomic E-state index is 12.9. The van der Waals surface area contributed by atoms with Gasteiger partial charge in [-0.05, 0) is 30.7 Å². The first-order chi connectivity index (χ1) is 12.4. The number of likely N-dealkylation sites (tertiary alicyclic amines) is 1. The van der Waals surface area contributed by atoms with Crippen LogP contribution in [0.5, 0.6) is 5.75 Å². The number of methoxy groups -OCH3 is 1. The molecular formula is C17H22N4O4S. The molecule has 0 saturated carbocycles. The Kier molecular flexibility index (Phi) is 5.28. The highest BCUT2D eigenvalue weighted by molar-refractivity contribution is 7.89.